The zero-order chi connectivity index (χ0) is 10.1. The molecule has 0 fully saturated rings. The summed E-state index contributed by atoms with van der Waals surface area (Å²) in [7, 11) is 0. The molecule has 7 heteroatoms. The predicted octanol–water partition coefficient (Wildman–Crippen LogP) is 0.589. The van der Waals surface area contributed by atoms with Crippen LogP contribution in [0.25, 0.3) is 5.95 Å². The normalized spacial score (nSPS) is 10.4. The number of hydrogen-bond acceptors (Lipinski definition) is 5. The van der Waals surface area contributed by atoms with Gasteiger partial charge in [0, 0.05) is 12.4 Å². The van der Waals surface area contributed by atoms with Crippen LogP contribution in [-0.4, -0.2) is 19.7 Å². The smallest absolute Gasteiger partial charge is 0.254 e. The van der Waals surface area contributed by atoms with Crippen molar-refractivity contribution in [3.8, 4) is 5.95 Å². The Morgan fingerprint density at radius 3 is 2.36 bits per heavy atom. The summed E-state index contributed by atoms with van der Waals surface area (Å²) in [6, 6.07) is 1.76. The number of nitrogens with zero attached hydrogens (tertiary/aromatic N) is 4. The highest BCUT2D eigenvalue weighted by molar-refractivity contribution is 9.10. The summed E-state index contributed by atoms with van der Waals surface area (Å²) in [5.74, 6) is 0.944. The Labute approximate surface area is 88.1 Å². The zero-order valence-electron chi connectivity index (χ0n) is 7.05. The highest BCUT2D eigenvalue weighted by Crippen LogP contribution is 2.23. The molecule has 0 atom stereocenters. The fourth-order valence-corrected chi connectivity index (χ4v) is 1.14. The third-order valence-electron chi connectivity index (χ3n) is 1.60. The minimum atomic E-state index is 0.294. The van der Waals surface area contributed by atoms with Gasteiger partial charge in [-0.25, -0.2) is 4.68 Å². The van der Waals surface area contributed by atoms with Crippen molar-refractivity contribution in [1.82, 2.24) is 19.7 Å². The van der Waals surface area contributed by atoms with E-state index in [1.807, 2.05) is 0 Å². The Hall–Kier alpha value is -1.63. The molecule has 0 saturated heterocycles. The van der Waals surface area contributed by atoms with Gasteiger partial charge in [-0.3, -0.25) is 0 Å². The maximum absolute atomic E-state index is 5.61. The van der Waals surface area contributed by atoms with E-state index in [0.29, 0.717) is 22.1 Å². The Balaban J connectivity index is 2.57. The van der Waals surface area contributed by atoms with Crippen LogP contribution in [0.5, 0.6) is 0 Å². The minimum absolute atomic E-state index is 0.294. The molecule has 2 heterocycles. The van der Waals surface area contributed by atoms with Crippen molar-refractivity contribution in [3.05, 3.63) is 22.9 Å². The van der Waals surface area contributed by atoms with Crippen LogP contribution in [-0.2, 0) is 0 Å². The zero-order valence-corrected chi connectivity index (χ0v) is 8.64. The maximum Gasteiger partial charge on any atom is 0.254 e. The van der Waals surface area contributed by atoms with E-state index >= 15 is 0 Å². The first-order valence-electron chi connectivity index (χ1n) is 3.77. The molecule has 2 rings (SSSR count). The van der Waals surface area contributed by atoms with E-state index in [4.69, 9.17) is 11.5 Å². The van der Waals surface area contributed by atoms with Crippen LogP contribution < -0.4 is 11.5 Å². The molecule has 0 saturated carbocycles. The van der Waals surface area contributed by atoms with Gasteiger partial charge in [0.15, 0.2) is 0 Å². The Morgan fingerprint density at radius 1 is 1.21 bits per heavy atom. The van der Waals surface area contributed by atoms with Crippen LogP contribution in [0.2, 0.25) is 0 Å². The van der Waals surface area contributed by atoms with E-state index in [-0.39, 0.29) is 0 Å². The van der Waals surface area contributed by atoms with Crippen LogP contribution in [0, 0.1) is 0 Å². The van der Waals surface area contributed by atoms with Gasteiger partial charge in [-0.2, -0.15) is 15.1 Å². The third-order valence-corrected chi connectivity index (χ3v) is 2.41. The summed E-state index contributed by atoms with van der Waals surface area (Å²) in [5, 5.41) is 3.96. The molecule has 0 aliphatic heterocycles. The number of nitrogen functional groups attached to an aromatic ring is 2. The average Bonchev–Trinajstić information content (AvgIpc) is 2.66. The summed E-state index contributed by atoms with van der Waals surface area (Å²) in [6.07, 6.45) is 3.33. The van der Waals surface area contributed by atoms with Crippen LogP contribution in [0.1, 0.15) is 0 Å². The van der Waals surface area contributed by atoms with Gasteiger partial charge in [-0.1, -0.05) is 0 Å². The van der Waals surface area contributed by atoms with E-state index in [1.54, 1.807) is 18.5 Å². The number of halogens is 1. The number of aromatic nitrogens is 4. The maximum atomic E-state index is 5.61. The van der Waals surface area contributed by atoms with Crippen LogP contribution >= 0.6 is 15.9 Å². The molecule has 0 radical (unpaired) electrons. The standard InChI is InChI=1S/C7H7BrN6/c8-4-5(9)12-7(13-6(4)10)14-3-1-2-11-14/h1-3H,(H4,9,10,12,13). The second kappa shape index (κ2) is 3.26. The lowest BCUT2D eigenvalue weighted by molar-refractivity contribution is 0.811. The first-order chi connectivity index (χ1) is 6.68. The molecule has 72 valence electrons. The van der Waals surface area contributed by atoms with Gasteiger partial charge < -0.3 is 11.5 Å². The second-order valence-electron chi connectivity index (χ2n) is 2.56. The fourth-order valence-electron chi connectivity index (χ4n) is 0.959. The summed E-state index contributed by atoms with van der Waals surface area (Å²) in [6.45, 7) is 0. The molecule has 14 heavy (non-hydrogen) atoms. The highest BCUT2D eigenvalue weighted by Gasteiger charge is 2.08. The molecule has 4 N–H and O–H groups in total. The number of nitrogens with two attached hydrogens (primary N) is 2. The lowest BCUT2D eigenvalue weighted by atomic mass is 10.5. The van der Waals surface area contributed by atoms with Crippen LogP contribution in [0.4, 0.5) is 11.6 Å². The topological polar surface area (TPSA) is 95.6 Å². The SMILES string of the molecule is Nc1nc(-n2cccn2)nc(N)c1Br. The third kappa shape index (κ3) is 1.41. The molecule has 0 aliphatic rings. The van der Waals surface area contributed by atoms with Gasteiger partial charge in [0.25, 0.3) is 5.95 Å². The lowest BCUT2D eigenvalue weighted by Gasteiger charge is -2.04. The van der Waals surface area contributed by atoms with Crippen molar-refractivity contribution < 1.29 is 0 Å². The van der Waals surface area contributed by atoms with Gasteiger partial charge in [-0.05, 0) is 22.0 Å². The Bertz CT molecular complexity index is 428. The van der Waals surface area contributed by atoms with Crippen molar-refractivity contribution in [1.29, 1.82) is 0 Å². The molecule has 2 aromatic heterocycles. The molecular weight excluding hydrogens is 248 g/mol. The molecule has 0 spiro atoms. The van der Waals surface area contributed by atoms with Crippen molar-refractivity contribution in [2.45, 2.75) is 0 Å². The fraction of sp³-hybridized carbons (Fsp3) is 0. The van der Waals surface area contributed by atoms with Crippen molar-refractivity contribution >= 4 is 27.6 Å². The molecule has 6 nitrogen and oxygen atoms in total. The van der Waals surface area contributed by atoms with Crippen molar-refractivity contribution in [2.24, 2.45) is 0 Å². The molecule has 0 bridgehead atoms. The predicted molar refractivity (Wildman–Crippen MR) is 55.7 cm³/mol. The van der Waals surface area contributed by atoms with E-state index in [2.05, 4.69) is 31.0 Å². The summed E-state index contributed by atoms with van der Waals surface area (Å²) < 4.78 is 1.99. The van der Waals surface area contributed by atoms with Gasteiger partial charge in [0.1, 0.15) is 16.1 Å². The van der Waals surface area contributed by atoms with Gasteiger partial charge in [-0.15, -0.1) is 0 Å². The van der Waals surface area contributed by atoms with E-state index in [9.17, 15) is 0 Å². The number of rotatable bonds is 1. The molecule has 0 aliphatic carbocycles. The summed E-state index contributed by atoms with van der Waals surface area (Å²) in [4.78, 5) is 8.03. The van der Waals surface area contributed by atoms with E-state index < -0.39 is 0 Å². The van der Waals surface area contributed by atoms with Crippen LogP contribution in [0.3, 0.4) is 0 Å². The highest BCUT2D eigenvalue weighted by atomic mass is 79.9. The molecule has 0 aromatic carbocycles. The summed E-state index contributed by atoms with van der Waals surface area (Å²) in [5.41, 5.74) is 11.2. The van der Waals surface area contributed by atoms with Gasteiger partial charge in [0.2, 0.25) is 0 Å². The number of hydrogen-bond donors (Lipinski definition) is 2. The molecule has 0 unspecified atom stereocenters. The van der Waals surface area contributed by atoms with Gasteiger partial charge >= 0.3 is 0 Å². The van der Waals surface area contributed by atoms with Gasteiger partial charge in [0.05, 0.1) is 0 Å². The summed E-state index contributed by atoms with van der Waals surface area (Å²) >= 11 is 3.17. The number of anilines is 2. The second-order valence-corrected chi connectivity index (χ2v) is 3.35. The lowest BCUT2D eigenvalue weighted by Crippen LogP contribution is -2.07. The largest absolute Gasteiger partial charge is 0.383 e. The van der Waals surface area contributed by atoms with E-state index in [1.165, 1.54) is 4.68 Å². The van der Waals surface area contributed by atoms with Crippen molar-refractivity contribution in [3.63, 3.8) is 0 Å². The monoisotopic (exact) mass is 254 g/mol. The molecule has 2 aromatic rings. The Kier molecular flexibility index (Phi) is 2.08. The molecule has 0 amide bonds. The van der Waals surface area contributed by atoms with Crippen LogP contribution in [0.15, 0.2) is 22.9 Å². The quantitative estimate of drug-likeness (QED) is 0.777. The Morgan fingerprint density at radius 2 is 1.86 bits per heavy atom. The average molecular weight is 255 g/mol. The van der Waals surface area contributed by atoms with Crippen molar-refractivity contribution in [2.75, 3.05) is 11.5 Å². The first-order valence-corrected chi connectivity index (χ1v) is 4.56. The first kappa shape index (κ1) is 8.95. The van der Waals surface area contributed by atoms with E-state index in [0.717, 1.165) is 0 Å². The molecular formula is C7H7BrN6. The minimum Gasteiger partial charge on any atom is -0.383 e.